The lowest BCUT2D eigenvalue weighted by molar-refractivity contribution is -0.646. The molecule has 0 radical (unpaired) electrons. The first kappa shape index (κ1) is 62.4. The van der Waals surface area contributed by atoms with E-state index in [-0.39, 0.29) is 57.8 Å². The Morgan fingerprint density at radius 1 is 0.686 bits per heavy atom. The fraction of sp³-hybridized carbons (Fsp3) is 0.463. The number of methoxy groups -OCH3 is 1. The molecule has 10 rings (SSSR count). The van der Waals surface area contributed by atoms with E-state index in [1.165, 1.54) is 27.1 Å². The summed E-state index contributed by atoms with van der Waals surface area (Å²) < 4.78 is 121. The van der Waals surface area contributed by atoms with Crippen molar-refractivity contribution in [3.63, 3.8) is 0 Å². The monoisotopic (exact) mass is 1290 g/mol. The van der Waals surface area contributed by atoms with E-state index in [1.54, 1.807) is 30.3 Å². The first-order valence-corrected chi connectivity index (χ1v) is 30.7. The fourth-order valence-electron chi connectivity index (χ4n) is 9.50. The topological polar surface area (TPSA) is 580 Å². The Morgan fingerprint density at radius 2 is 1.28 bits per heavy atom. The number of nitrogens with zero attached hydrogens (tertiary/aromatic N) is 10. The highest BCUT2D eigenvalue weighted by Gasteiger charge is 2.53. The Morgan fingerprint density at radius 3 is 1.97 bits per heavy atom. The predicted molar refractivity (Wildman–Crippen MR) is 277 cm³/mol. The normalized spacial score (nSPS) is 27.9. The van der Waals surface area contributed by atoms with Crippen molar-refractivity contribution in [1.29, 1.82) is 0 Å². The average molecular weight is 1290 g/mol. The minimum atomic E-state index is -6.30. The van der Waals surface area contributed by atoms with Crippen molar-refractivity contribution in [3.05, 3.63) is 81.9 Å². The van der Waals surface area contributed by atoms with Gasteiger partial charge in [0, 0.05) is 7.11 Å². The van der Waals surface area contributed by atoms with Crippen LogP contribution in [0.2, 0.25) is 0 Å². The molecule has 6 aromatic heterocycles. The van der Waals surface area contributed by atoms with Crippen LogP contribution in [0.3, 0.4) is 0 Å². The first-order chi connectivity index (χ1) is 40.6. The van der Waals surface area contributed by atoms with Gasteiger partial charge in [-0.1, -0.05) is 30.3 Å². The maximum atomic E-state index is 13.7. The number of hydrogen-bond acceptors (Lipinski definition) is 32. The van der Waals surface area contributed by atoms with Gasteiger partial charge < -0.3 is 89.6 Å². The lowest BCUT2D eigenvalue weighted by Gasteiger charge is -2.31. The number of phosphoric acid groups is 4. The summed E-state index contributed by atoms with van der Waals surface area (Å²) in [6, 6.07) is 8.42. The van der Waals surface area contributed by atoms with Crippen LogP contribution in [0.5, 0.6) is 0 Å². The fourth-order valence-corrected chi connectivity index (χ4v) is 14.0. The van der Waals surface area contributed by atoms with Crippen LogP contribution in [0.4, 0.5) is 22.5 Å². The molecule has 466 valence electrons. The van der Waals surface area contributed by atoms with Gasteiger partial charge in [-0.3, -0.25) is 42.3 Å². The number of hydrogen-bond donors (Lipinski definition) is 11. The smallest absolute Gasteiger partial charge is 0.508 e. The van der Waals surface area contributed by atoms with Gasteiger partial charge in [0.2, 0.25) is 24.5 Å². The number of ether oxygens (including phenoxy) is 6. The minimum Gasteiger partial charge on any atom is -0.756 e. The zero-order valence-electron chi connectivity index (χ0n) is 44.0. The quantitative estimate of drug-likeness (QED) is 0.0176. The molecule has 45 heteroatoms. The van der Waals surface area contributed by atoms with Crippen LogP contribution in [-0.4, -0.2) is 172 Å². The number of phosphoric ester groups is 3. The largest absolute Gasteiger partial charge is 0.756 e. The molecule has 86 heavy (non-hydrogen) atoms. The summed E-state index contributed by atoms with van der Waals surface area (Å²) >= 11 is 0. The van der Waals surface area contributed by atoms with Crippen LogP contribution >= 0.6 is 31.3 Å². The van der Waals surface area contributed by atoms with E-state index in [4.69, 9.17) is 63.7 Å². The summed E-state index contributed by atoms with van der Waals surface area (Å²) in [4.78, 5) is 112. The van der Waals surface area contributed by atoms with Gasteiger partial charge in [-0.15, -0.1) is 0 Å². The minimum absolute atomic E-state index is 0.0201. The summed E-state index contributed by atoms with van der Waals surface area (Å²) in [5, 5.41) is 33.4. The molecule has 0 aliphatic carbocycles. The molecule has 3 saturated heterocycles. The number of aliphatic hydroxyl groups excluding tert-OH is 3. The third kappa shape index (κ3) is 13.3. The Hall–Kier alpha value is -6.62. The third-order valence-corrected chi connectivity index (χ3v) is 18.5. The zero-order chi connectivity index (χ0) is 61.8. The lowest BCUT2D eigenvalue weighted by atomic mass is 9.99. The summed E-state index contributed by atoms with van der Waals surface area (Å²) in [7, 11) is -21.5. The molecule has 4 unspecified atom stereocenters. The molecule has 3 fully saturated rings. The molecule has 41 nitrogen and oxygen atoms in total. The molecule has 16 atom stereocenters. The Kier molecular flexibility index (Phi) is 17.8. The van der Waals surface area contributed by atoms with E-state index in [2.05, 4.69) is 48.5 Å². The Labute approximate surface area is 478 Å². The van der Waals surface area contributed by atoms with E-state index in [1.807, 2.05) is 0 Å². The SMILES string of the molecule is CO[C@@H]1[C@H](OP(=O)([O-])OC[C@H]2O[C@@H](n3cnc4c(=O)[nH]c(N)nc43)[C@H](O)[C@@H]2O)[C@@H](COP(=O)(O)OP(=O)(O)OP(=O)(O)OC[C@H]2O[C@@H](n3c[n+](C)c4c(=O)[nH]c(N)nc43)[C@H](O)[C@@H]2COC(=O)OCc2ccccc2)O[C@H]1n1cnc2c(N)ncnc21. The number of benzene rings is 1. The molecule has 3 aliphatic heterocycles. The van der Waals surface area contributed by atoms with Crippen molar-refractivity contribution >= 4 is 88.7 Å². The number of aromatic amines is 2. The van der Waals surface area contributed by atoms with E-state index in [0.29, 0.717) is 5.56 Å². The number of aryl methyl sites for hydroxylation is 1. The number of anilines is 3. The maximum absolute atomic E-state index is 13.7. The molecule has 14 N–H and O–H groups in total. The Balaban J connectivity index is 0.811. The van der Waals surface area contributed by atoms with E-state index in [0.717, 1.165) is 30.7 Å². The van der Waals surface area contributed by atoms with Crippen LogP contribution in [0, 0.1) is 5.92 Å². The third-order valence-electron chi connectivity index (χ3n) is 13.3. The van der Waals surface area contributed by atoms with Crippen LogP contribution in [-0.2, 0) is 87.1 Å². The second kappa shape index (κ2) is 24.5. The zero-order valence-corrected chi connectivity index (χ0v) is 47.6. The predicted octanol–water partition coefficient (Wildman–Crippen LogP) is -2.73. The Bertz CT molecular complexity index is 3990. The number of imidazole rings is 3. The van der Waals surface area contributed by atoms with Gasteiger partial charge in [0.25, 0.3) is 24.5 Å². The lowest BCUT2D eigenvalue weighted by Crippen LogP contribution is -2.39. The number of carbonyl (C=O) groups is 1. The highest BCUT2D eigenvalue weighted by molar-refractivity contribution is 7.66. The summed E-state index contributed by atoms with van der Waals surface area (Å²) in [6.45, 7) is -4.47. The number of fused-ring (bicyclic) bond motifs is 3. The molecule has 0 bridgehead atoms. The molecule has 0 saturated carbocycles. The summed E-state index contributed by atoms with van der Waals surface area (Å²) in [5.41, 5.74) is 16.0. The maximum Gasteiger partial charge on any atom is 0.508 e. The first-order valence-electron chi connectivity index (χ1n) is 24.7. The van der Waals surface area contributed by atoms with E-state index < -0.39 is 148 Å². The molecule has 0 spiro atoms. The molecule has 7 aromatic rings. The van der Waals surface area contributed by atoms with E-state index in [9.17, 15) is 67.5 Å². The number of rotatable bonds is 23. The molecule has 0 amide bonds. The van der Waals surface area contributed by atoms with Crippen molar-refractivity contribution < 1.29 is 118 Å². The number of carbonyl (C=O) groups excluding carboxylic acids is 1. The molecule has 9 heterocycles. The van der Waals surface area contributed by atoms with Gasteiger partial charge in [0.15, 0.2) is 35.1 Å². The molecule has 1 aromatic carbocycles. The van der Waals surface area contributed by atoms with Crippen molar-refractivity contribution in [3.8, 4) is 0 Å². The van der Waals surface area contributed by atoms with Crippen molar-refractivity contribution in [2.45, 2.75) is 74.1 Å². The average Bonchev–Trinajstić information content (AvgIpc) is 2.34. The van der Waals surface area contributed by atoms with Gasteiger partial charge >= 0.3 is 35.2 Å². The van der Waals surface area contributed by atoms with Gasteiger partial charge in [-0.05, 0) is 5.56 Å². The van der Waals surface area contributed by atoms with Crippen molar-refractivity contribution in [2.75, 3.05) is 50.7 Å². The van der Waals surface area contributed by atoms with Gasteiger partial charge in [0.1, 0.15) is 67.8 Å². The molecular formula is C41H51N15O26P4. The highest BCUT2D eigenvalue weighted by atomic mass is 31.3. The van der Waals surface area contributed by atoms with Crippen LogP contribution in [0.15, 0.2) is 65.2 Å². The highest BCUT2D eigenvalue weighted by Crippen LogP contribution is 2.68. The molecular weight excluding hydrogens is 1240 g/mol. The van der Waals surface area contributed by atoms with Crippen LogP contribution in [0.25, 0.3) is 33.5 Å². The number of H-pyrrole nitrogens is 2. The van der Waals surface area contributed by atoms with Crippen molar-refractivity contribution in [1.82, 2.24) is 53.6 Å². The van der Waals surface area contributed by atoms with Crippen LogP contribution < -0.4 is 37.8 Å². The van der Waals surface area contributed by atoms with E-state index >= 15 is 0 Å². The summed E-state index contributed by atoms with van der Waals surface area (Å²) in [5.74, 6) is -2.16. The summed E-state index contributed by atoms with van der Waals surface area (Å²) in [6.07, 6.45) is -15.4. The number of aromatic nitrogens is 12. The number of nitrogens with two attached hydrogens (primary N) is 3. The number of aliphatic hydroxyl groups is 3. The second-order valence-corrected chi connectivity index (χ2v) is 25.0. The number of nitrogen functional groups attached to an aromatic ring is 3. The van der Waals surface area contributed by atoms with Crippen LogP contribution in [0.1, 0.15) is 24.2 Å². The van der Waals surface area contributed by atoms with Gasteiger partial charge in [-0.25, -0.2) is 43.0 Å². The second-order valence-electron chi connectivity index (χ2n) is 19.0. The standard InChI is InChI=1S/C41H51N15O26P4/c1-53-16-56(33-24(53)35(61)52-40(44)50-33)36-25(57)18(9-73-41(62)72-8-17-6-4-3-5-7-17)19(77-36)10-75-84(65,66)81-86(69,70)82-85(67,68)76-12-21-28(29(71-2)38(79-21)54-14-47-22-30(42)45-13-46-31(22)54)80-83(63,64)74-11-20-26(58)27(59)37(78-20)55-15-48-23-32(55)49-39(43)51-34(23)60/h3-7,13-16,18-21,25-29,36-38,57-59H,8-12H2,1-2H3,(H11-,42,43,44,45,46,49,50,51,52,60,61,63,64,65,66,67,68,69,70)/t18-,19-,20-,21-,25-,26-,27-,28-,29-,36-,37-,38-/m1/s1. The van der Waals surface area contributed by atoms with Gasteiger partial charge in [-0.2, -0.15) is 23.2 Å². The number of nitrogens with one attached hydrogen (secondary N) is 2. The molecule has 3 aliphatic rings. The van der Waals surface area contributed by atoms with Crippen molar-refractivity contribution in [2.24, 2.45) is 13.0 Å². The van der Waals surface area contributed by atoms with Gasteiger partial charge in [0.05, 0.1) is 51.5 Å².